The summed E-state index contributed by atoms with van der Waals surface area (Å²) in [5.41, 5.74) is 0.549. The molecule has 7 rings (SSSR count). The number of methoxy groups -OCH3 is 1. The highest BCUT2D eigenvalue weighted by molar-refractivity contribution is 5.87. The van der Waals surface area contributed by atoms with Crippen LogP contribution in [0.4, 0.5) is 0 Å². The van der Waals surface area contributed by atoms with Crippen molar-refractivity contribution < 1.29 is 58.4 Å². The minimum atomic E-state index is -1.59. The summed E-state index contributed by atoms with van der Waals surface area (Å²) in [5.74, 6) is -5.85. The lowest BCUT2D eigenvalue weighted by atomic mass is 9.76. The average Bonchev–Trinajstić information content (AvgIpc) is 4.03. The Morgan fingerprint density at radius 2 is 1.75 bits per heavy atom. The second-order valence-corrected chi connectivity index (χ2v) is 20.2. The Labute approximate surface area is 361 Å². The number of carboxylic acids is 1. The number of ether oxygens (including phenoxy) is 6. The van der Waals surface area contributed by atoms with E-state index in [1.807, 2.05) is 51.2 Å². The van der Waals surface area contributed by atoms with Crippen LogP contribution in [0.5, 0.6) is 0 Å². The standard InChI is InChI=1S/C48H73NO12/c1-10-46(43-27(3)20-38(57-43)40-26(2)19-28(4)48(55,25-50)60-40)16-15-39(58-46)45(8)17-18-47(61-45)23-37(52)30(6)42(59-47)31(7)41(56-9)29(5)36(51)22-32(44(53)54)21-33-24-49-35-14-12-11-13-34(33)35/h11-14,24,26-32,37-43,49-50,52,55H,10,15-23,25H2,1-9H3,(H,53,54)/t26?,27?,28?,29?,30?,31?,32-,37?,38?,39?,40?,41?,42?,43?,45?,46?,47?,48?/m0/s1. The van der Waals surface area contributed by atoms with Crippen LogP contribution in [-0.4, -0.2) is 116 Å². The van der Waals surface area contributed by atoms with Crippen molar-refractivity contribution in [1.82, 2.24) is 4.98 Å². The molecule has 13 heteroatoms. The van der Waals surface area contributed by atoms with Crippen LogP contribution < -0.4 is 0 Å². The number of para-hydroxylation sites is 1. The number of aliphatic hydroxyl groups excluding tert-OH is 2. The van der Waals surface area contributed by atoms with Crippen LogP contribution in [0.1, 0.15) is 119 Å². The van der Waals surface area contributed by atoms with E-state index in [-0.39, 0.29) is 72.6 Å². The van der Waals surface area contributed by atoms with E-state index in [2.05, 4.69) is 32.7 Å². The van der Waals surface area contributed by atoms with Crippen LogP contribution in [0.15, 0.2) is 30.5 Å². The fourth-order valence-corrected chi connectivity index (χ4v) is 12.2. The highest BCUT2D eigenvalue weighted by atomic mass is 16.7. The van der Waals surface area contributed by atoms with Gasteiger partial charge in [0.2, 0.25) is 0 Å². The Morgan fingerprint density at radius 3 is 2.44 bits per heavy atom. The number of fused-ring (bicyclic) bond motifs is 1. The van der Waals surface area contributed by atoms with E-state index in [1.165, 1.54) is 0 Å². The van der Waals surface area contributed by atoms with Crippen LogP contribution in [0.3, 0.4) is 0 Å². The van der Waals surface area contributed by atoms with Gasteiger partial charge in [0.05, 0.1) is 66.5 Å². The number of aromatic amines is 1. The third-order valence-corrected chi connectivity index (χ3v) is 16.1. The fraction of sp³-hybridized carbons (Fsp3) is 0.792. The summed E-state index contributed by atoms with van der Waals surface area (Å²) in [4.78, 5) is 29.6. The second kappa shape index (κ2) is 17.8. The number of nitrogens with one attached hydrogen (secondary N) is 1. The third kappa shape index (κ3) is 8.74. The van der Waals surface area contributed by atoms with Gasteiger partial charge in [0.25, 0.3) is 0 Å². The molecule has 13 nitrogen and oxygen atoms in total. The number of ketones is 1. The van der Waals surface area contributed by atoms with Crippen molar-refractivity contribution in [3.05, 3.63) is 36.0 Å². The number of carbonyl (C=O) groups excluding carboxylic acids is 1. The fourth-order valence-electron chi connectivity index (χ4n) is 12.2. The number of H-pyrrole nitrogens is 1. The molecule has 0 saturated carbocycles. The average molecular weight is 856 g/mol. The van der Waals surface area contributed by atoms with Gasteiger partial charge in [-0.05, 0) is 75.3 Å². The molecule has 18 atom stereocenters. The predicted molar refractivity (Wildman–Crippen MR) is 227 cm³/mol. The number of carbonyl (C=O) groups is 2. The molecule has 1 aromatic carbocycles. The second-order valence-electron chi connectivity index (χ2n) is 20.2. The molecule has 61 heavy (non-hydrogen) atoms. The summed E-state index contributed by atoms with van der Waals surface area (Å²) < 4.78 is 40.3. The van der Waals surface area contributed by atoms with Crippen LogP contribution in [0.2, 0.25) is 0 Å². The maximum absolute atomic E-state index is 13.9. The van der Waals surface area contributed by atoms with Crippen molar-refractivity contribution in [2.75, 3.05) is 13.7 Å². The van der Waals surface area contributed by atoms with Gasteiger partial charge in [0, 0.05) is 67.1 Å². The molecule has 17 unspecified atom stereocenters. The van der Waals surface area contributed by atoms with Gasteiger partial charge in [0.1, 0.15) is 5.78 Å². The number of hydrogen-bond acceptors (Lipinski definition) is 11. The number of Topliss-reactive ketones (excluding diaryl/α,β-unsaturated/α-hetero) is 1. The lowest BCUT2D eigenvalue weighted by Gasteiger charge is -2.49. The van der Waals surface area contributed by atoms with Gasteiger partial charge >= 0.3 is 5.97 Å². The summed E-state index contributed by atoms with van der Waals surface area (Å²) in [6, 6.07) is 7.73. The topological polar surface area (TPSA) is 186 Å². The summed E-state index contributed by atoms with van der Waals surface area (Å²) in [6.45, 7) is 15.8. The first-order valence-corrected chi connectivity index (χ1v) is 23.1. The Bertz CT molecular complexity index is 1850. The van der Waals surface area contributed by atoms with E-state index >= 15 is 0 Å². The molecule has 5 fully saturated rings. The number of carboxylic acid groups (broad SMARTS) is 1. The zero-order chi connectivity index (χ0) is 44.2. The summed E-state index contributed by atoms with van der Waals surface area (Å²) in [6.07, 6.45) is 4.46. The molecule has 6 heterocycles. The van der Waals surface area contributed by atoms with Crippen molar-refractivity contribution in [2.24, 2.45) is 41.4 Å². The maximum Gasteiger partial charge on any atom is 0.307 e. The Balaban J connectivity index is 1.01. The van der Waals surface area contributed by atoms with Gasteiger partial charge in [-0.15, -0.1) is 0 Å². The number of benzene rings is 1. The van der Waals surface area contributed by atoms with E-state index in [0.29, 0.717) is 19.3 Å². The van der Waals surface area contributed by atoms with Crippen LogP contribution >= 0.6 is 0 Å². The first-order chi connectivity index (χ1) is 28.8. The molecule has 2 aromatic rings. The first kappa shape index (κ1) is 46.5. The smallest absolute Gasteiger partial charge is 0.307 e. The molecule has 5 saturated heterocycles. The quantitative estimate of drug-likeness (QED) is 0.130. The molecule has 5 aliphatic rings. The van der Waals surface area contributed by atoms with E-state index in [0.717, 1.165) is 48.6 Å². The van der Waals surface area contributed by atoms with Gasteiger partial charge in [0.15, 0.2) is 11.6 Å². The number of rotatable bonds is 15. The normalized spacial score (nSPS) is 42.5. The minimum absolute atomic E-state index is 0.135. The molecule has 5 N–H and O–H groups in total. The van der Waals surface area contributed by atoms with E-state index < -0.39 is 65.5 Å². The highest BCUT2D eigenvalue weighted by Gasteiger charge is 2.62. The van der Waals surface area contributed by atoms with Crippen molar-refractivity contribution in [2.45, 2.75) is 185 Å². The first-order valence-electron chi connectivity index (χ1n) is 23.1. The maximum atomic E-state index is 13.9. The molecule has 5 aliphatic heterocycles. The zero-order valence-corrected chi connectivity index (χ0v) is 37.8. The monoisotopic (exact) mass is 856 g/mol. The Kier molecular flexibility index (Phi) is 13.6. The van der Waals surface area contributed by atoms with Gasteiger partial charge in [-0.2, -0.15) is 0 Å². The molecular formula is C48H73NO12. The zero-order valence-electron chi connectivity index (χ0n) is 37.8. The van der Waals surface area contributed by atoms with Crippen LogP contribution in [-0.2, 0) is 44.4 Å². The molecule has 0 amide bonds. The van der Waals surface area contributed by atoms with Crippen molar-refractivity contribution in [1.29, 1.82) is 0 Å². The molecule has 0 aliphatic carbocycles. The molecular weight excluding hydrogens is 783 g/mol. The summed E-state index contributed by atoms with van der Waals surface area (Å²) in [7, 11) is 1.57. The number of hydrogen-bond donors (Lipinski definition) is 5. The van der Waals surface area contributed by atoms with Crippen molar-refractivity contribution in [3.63, 3.8) is 0 Å². The number of aromatic nitrogens is 1. The lowest BCUT2D eigenvalue weighted by Crippen LogP contribution is -2.57. The Hall–Kier alpha value is -2.46. The molecule has 0 radical (unpaired) electrons. The van der Waals surface area contributed by atoms with Gasteiger partial charge in [-0.1, -0.05) is 66.7 Å². The van der Waals surface area contributed by atoms with Crippen LogP contribution in [0.25, 0.3) is 10.9 Å². The molecule has 342 valence electrons. The summed E-state index contributed by atoms with van der Waals surface area (Å²) in [5, 5.41) is 43.9. The van der Waals surface area contributed by atoms with E-state index in [9.17, 15) is 30.0 Å². The molecule has 1 spiro atoms. The molecule has 1 aromatic heterocycles. The van der Waals surface area contributed by atoms with Crippen molar-refractivity contribution in [3.8, 4) is 0 Å². The van der Waals surface area contributed by atoms with E-state index in [4.69, 9.17) is 28.4 Å². The van der Waals surface area contributed by atoms with Gasteiger partial charge < -0.3 is 53.8 Å². The van der Waals surface area contributed by atoms with Gasteiger partial charge in [-0.25, -0.2) is 0 Å². The predicted octanol–water partition coefficient (Wildman–Crippen LogP) is 6.57. The largest absolute Gasteiger partial charge is 0.481 e. The molecule has 0 bridgehead atoms. The van der Waals surface area contributed by atoms with Gasteiger partial charge in [-0.3, -0.25) is 9.59 Å². The number of aliphatic carboxylic acids is 1. The Morgan fingerprint density at radius 1 is 1.02 bits per heavy atom. The van der Waals surface area contributed by atoms with E-state index in [1.54, 1.807) is 14.0 Å². The SMILES string of the molecule is CCC1(C2OC(C3OC(O)(CO)C(C)CC3C)CC2C)CCC(C2(C)CCC3(CC(O)C(C)C(C(C)C(OC)C(C)C(=O)C[C@H](Cc4c[nH]c5ccccc45)C(=O)O)O3)O2)O1. The summed E-state index contributed by atoms with van der Waals surface area (Å²) >= 11 is 0. The van der Waals surface area contributed by atoms with Crippen LogP contribution in [0, 0.1) is 41.4 Å². The highest BCUT2D eigenvalue weighted by Crippen LogP contribution is 2.55. The number of aliphatic hydroxyl groups is 3. The minimum Gasteiger partial charge on any atom is -0.481 e. The third-order valence-electron chi connectivity index (χ3n) is 16.1. The lowest BCUT2D eigenvalue weighted by molar-refractivity contribution is -0.336. The van der Waals surface area contributed by atoms with Crippen molar-refractivity contribution >= 4 is 22.7 Å².